The standard InChI is InChI=1S/C18H38NO3/c1-5-6-7-8-9-10-11-12-13-14-15-19(2,3)17(16-20)18(21)22-4/h17,20H,5-16H2,1-4H3/q+1/t17-/m0/s1. The molecule has 0 radical (unpaired) electrons. The van der Waals surface area contributed by atoms with Crippen LogP contribution in [0.25, 0.3) is 0 Å². The minimum absolute atomic E-state index is 0.155. The van der Waals surface area contributed by atoms with Crippen LogP contribution in [0, 0.1) is 0 Å². The molecule has 0 unspecified atom stereocenters. The van der Waals surface area contributed by atoms with Crippen molar-refractivity contribution in [2.24, 2.45) is 0 Å². The van der Waals surface area contributed by atoms with Gasteiger partial charge in [0, 0.05) is 0 Å². The van der Waals surface area contributed by atoms with Gasteiger partial charge in [-0.2, -0.15) is 0 Å². The van der Waals surface area contributed by atoms with E-state index in [1.165, 1.54) is 64.9 Å². The zero-order valence-corrected chi connectivity index (χ0v) is 15.3. The number of hydrogen-bond donors (Lipinski definition) is 1. The average molecular weight is 317 g/mol. The summed E-state index contributed by atoms with van der Waals surface area (Å²) in [6.45, 7) is 3.00. The van der Waals surface area contributed by atoms with E-state index in [0.717, 1.165) is 13.0 Å². The number of aliphatic hydroxyl groups is 1. The van der Waals surface area contributed by atoms with E-state index < -0.39 is 6.04 Å². The molecule has 1 atom stereocenters. The Labute approximate surface area is 137 Å². The Kier molecular flexibility index (Phi) is 12.5. The Balaban J connectivity index is 3.70. The SMILES string of the molecule is CCCCCCCCCCCC[N+](C)(C)[C@@H](CO)C(=O)OC. The lowest BCUT2D eigenvalue weighted by atomic mass is 10.1. The second-order valence-corrected chi connectivity index (χ2v) is 6.91. The van der Waals surface area contributed by atoms with E-state index in [1.54, 1.807) is 0 Å². The zero-order valence-electron chi connectivity index (χ0n) is 15.3. The van der Waals surface area contributed by atoms with Crippen LogP contribution in [0.4, 0.5) is 0 Å². The molecule has 0 heterocycles. The van der Waals surface area contributed by atoms with Crippen molar-refractivity contribution in [1.82, 2.24) is 0 Å². The molecule has 0 fully saturated rings. The lowest BCUT2D eigenvalue weighted by Crippen LogP contribution is -2.55. The first-order valence-electron chi connectivity index (χ1n) is 9.01. The molecule has 0 saturated carbocycles. The minimum Gasteiger partial charge on any atom is -0.465 e. The van der Waals surface area contributed by atoms with Crippen molar-refractivity contribution in [2.75, 3.05) is 34.4 Å². The Morgan fingerprint density at radius 3 is 1.82 bits per heavy atom. The molecule has 0 aliphatic carbocycles. The van der Waals surface area contributed by atoms with Crippen LogP contribution in [-0.4, -0.2) is 56.0 Å². The zero-order chi connectivity index (χ0) is 16.8. The number of likely N-dealkylation sites (N-methyl/N-ethyl adjacent to an activating group) is 1. The van der Waals surface area contributed by atoms with Crippen molar-refractivity contribution < 1.29 is 19.1 Å². The summed E-state index contributed by atoms with van der Waals surface area (Å²) in [6, 6.07) is -0.469. The monoisotopic (exact) mass is 316 g/mol. The molecule has 0 saturated heterocycles. The summed E-state index contributed by atoms with van der Waals surface area (Å²) in [6.07, 6.45) is 13.1. The lowest BCUT2D eigenvalue weighted by Gasteiger charge is -2.35. The van der Waals surface area contributed by atoms with Gasteiger partial charge >= 0.3 is 5.97 Å². The number of methoxy groups -OCH3 is 1. The van der Waals surface area contributed by atoms with E-state index in [0.29, 0.717) is 4.48 Å². The first kappa shape index (κ1) is 21.4. The number of carbonyl (C=O) groups is 1. The molecule has 4 nitrogen and oxygen atoms in total. The van der Waals surface area contributed by atoms with Crippen molar-refractivity contribution >= 4 is 5.97 Å². The number of carbonyl (C=O) groups excluding carboxylic acids is 1. The molecule has 0 rings (SSSR count). The normalized spacial score (nSPS) is 13.1. The van der Waals surface area contributed by atoms with Gasteiger partial charge in [-0.15, -0.1) is 0 Å². The number of rotatable bonds is 14. The molecule has 0 aromatic rings. The maximum absolute atomic E-state index is 11.7. The van der Waals surface area contributed by atoms with E-state index >= 15 is 0 Å². The second-order valence-electron chi connectivity index (χ2n) is 6.91. The predicted octanol–water partition coefficient (Wildman–Crippen LogP) is 3.52. The molecule has 0 aliphatic rings. The Hall–Kier alpha value is -0.610. The molecule has 132 valence electrons. The first-order valence-corrected chi connectivity index (χ1v) is 9.01. The number of unbranched alkanes of at least 4 members (excludes halogenated alkanes) is 9. The number of hydrogen-bond acceptors (Lipinski definition) is 3. The fraction of sp³-hybridized carbons (Fsp3) is 0.944. The molecule has 1 N–H and O–H groups in total. The van der Waals surface area contributed by atoms with E-state index in [-0.39, 0.29) is 12.6 Å². The van der Waals surface area contributed by atoms with Crippen molar-refractivity contribution in [3.63, 3.8) is 0 Å². The first-order chi connectivity index (χ1) is 10.5. The number of aliphatic hydroxyl groups excluding tert-OH is 1. The van der Waals surface area contributed by atoms with Crippen LogP contribution >= 0.6 is 0 Å². The molecule has 4 heteroatoms. The van der Waals surface area contributed by atoms with Gasteiger partial charge in [-0.25, -0.2) is 4.79 Å². The molecule has 0 aliphatic heterocycles. The maximum atomic E-state index is 11.7. The highest BCUT2D eigenvalue weighted by Gasteiger charge is 2.34. The highest BCUT2D eigenvalue weighted by molar-refractivity contribution is 5.74. The fourth-order valence-corrected chi connectivity index (χ4v) is 2.88. The largest absolute Gasteiger partial charge is 0.465 e. The number of nitrogens with zero attached hydrogens (tertiary/aromatic N) is 1. The van der Waals surface area contributed by atoms with Crippen LogP contribution in [0.5, 0.6) is 0 Å². The lowest BCUT2D eigenvalue weighted by molar-refractivity contribution is -0.907. The number of quaternary nitrogens is 1. The maximum Gasteiger partial charge on any atom is 0.367 e. The van der Waals surface area contributed by atoms with Crippen LogP contribution in [0.1, 0.15) is 71.1 Å². The van der Waals surface area contributed by atoms with Crippen molar-refractivity contribution in [2.45, 2.75) is 77.2 Å². The van der Waals surface area contributed by atoms with Gasteiger partial charge in [0.2, 0.25) is 6.04 Å². The third-order valence-corrected chi connectivity index (χ3v) is 4.58. The quantitative estimate of drug-likeness (QED) is 0.303. The summed E-state index contributed by atoms with van der Waals surface area (Å²) in [4.78, 5) is 11.7. The molecular weight excluding hydrogens is 278 g/mol. The van der Waals surface area contributed by atoms with Gasteiger partial charge in [0.15, 0.2) is 0 Å². The van der Waals surface area contributed by atoms with Crippen LogP contribution in [0.15, 0.2) is 0 Å². The summed E-state index contributed by atoms with van der Waals surface area (Å²) in [5, 5.41) is 9.41. The smallest absolute Gasteiger partial charge is 0.367 e. The topological polar surface area (TPSA) is 46.5 Å². The summed E-state index contributed by atoms with van der Waals surface area (Å²) in [5.74, 6) is -0.320. The summed E-state index contributed by atoms with van der Waals surface area (Å²) in [7, 11) is 5.36. The Morgan fingerprint density at radius 2 is 1.41 bits per heavy atom. The summed E-state index contributed by atoms with van der Waals surface area (Å²) < 4.78 is 5.27. The van der Waals surface area contributed by atoms with Crippen LogP contribution < -0.4 is 0 Å². The fourth-order valence-electron chi connectivity index (χ4n) is 2.88. The van der Waals surface area contributed by atoms with E-state index in [9.17, 15) is 9.90 Å². The van der Waals surface area contributed by atoms with E-state index in [4.69, 9.17) is 4.74 Å². The highest BCUT2D eigenvalue weighted by Crippen LogP contribution is 2.14. The van der Waals surface area contributed by atoms with Gasteiger partial charge in [0.05, 0.1) is 27.7 Å². The predicted molar refractivity (Wildman–Crippen MR) is 91.7 cm³/mol. The molecule has 0 spiro atoms. The number of ether oxygens (including phenoxy) is 1. The van der Waals surface area contributed by atoms with Crippen LogP contribution in [-0.2, 0) is 9.53 Å². The Bertz CT molecular complexity index is 280. The highest BCUT2D eigenvalue weighted by atomic mass is 16.5. The molecule has 22 heavy (non-hydrogen) atoms. The van der Waals surface area contributed by atoms with Gasteiger partial charge < -0.3 is 14.3 Å². The van der Waals surface area contributed by atoms with Crippen LogP contribution in [0.3, 0.4) is 0 Å². The van der Waals surface area contributed by atoms with Gasteiger partial charge in [0.25, 0.3) is 0 Å². The van der Waals surface area contributed by atoms with Crippen molar-refractivity contribution in [3.8, 4) is 0 Å². The van der Waals surface area contributed by atoms with Gasteiger partial charge in [-0.05, 0) is 12.8 Å². The van der Waals surface area contributed by atoms with Gasteiger partial charge in [0.1, 0.15) is 6.61 Å². The van der Waals surface area contributed by atoms with Crippen molar-refractivity contribution in [1.29, 1.82) is 0 Å². The molecule has 0 bridgehead atoms. The minimum atomic E-state index is -0.469. The molecule has 0 aromatic carbocycles. The molecular formula is C18H38NO3+. The van der Waals surface area contributed by atoms with Crippen LogP contribution in [0.2, 0.25) is 0 Å². The van der Waals surface area contributed by atoms with Gasteiger partial charge in [-0.1, -0.05) is 58.3 Å². The summed E-state index contributed by atoms with van der Waals surface area (Å²) in [5.41, 5.74) is 0. The molecule has 0 aromatic heterocycles. The van der Waals surface area contributed by atoms with E-state index in [2.05, 4.69) is 6.92 Å². The summed E-state index contributed by atoms with van der Waals surface area (Å²) >= 11 is 0. The third-order valence-electron chi connectivity index (χ3n) is 4.58. The van der Waals surface area contributed by atoms with Gasteiger partial charge in [-0.3, -0.25) is 0 Å². The second kappa shape index (κ2) is 12.9. The number of esters is 1. The average Bonchev–Trinajstić information content (AvgIpc) is 2.49. The Morgan fingerprint density at radius 1 is 0.955 bits per heavy atom. The van der Waals surface area contributed by atoms with E-state index in [1.807, 2.05) is 14.1 Å². The van der Waals surface area contributed by atoms with Crippen molar-refractivity contribution in [3.05, 3.63) is 0 Å². The molecule has 0 amide bonds. The third kappa shape index (κ3) is 9.42.